The smallest absolute Gasteiger partial charge is 0.325 e. The van der Waals surface area contributed by atoms with Crippen LogP contribution in [0.25, 0.3) is 0 Å². The first kappa shape index (κ1) is 18.9. The molecule has 1 atom stereocenters. The molecule has 1 heterocycles. The maximum Gasteiger partial charge on any atom is 0.325 e. The van der Waals surface area contributed by atoms with Crippen LogP contribution in [0.4, 0.5) is 9.18 Å². The van der Waals surface area contributed by atoms with Gasteiger partial charge in [-0.25, -0.2) is 9.18 Å². The number of unbranched alkanes of at least 4 members (excludes halogenated alkanes) is 1. The van der Waals surface area contributed by atoms with Gasteiger partial charge in [0.05, 0.1) is 0 Å². The van der Waals surface area contributed by atoms with Gasteiger partial charge in [-0.05, 0) is 30.5 Å². The first-order valence-corrected chi connectivity index (χ1v) is 8.61. The topological polar surface area (TPSA) is 78.5 Å². The Morgan fingerprint density at radius 3 is 2.48 bits per heavy atom. The summed E-state index contributed by atoms with van der Waals surface area (Å²) in [4.78, 5) is 38.2. The van der Waals surface area contributed by atoms with Crippen molar-refractivity contribution in [2.75, 3.05) is 13.1 Å². The molecule has 25 heavy (non-hydrogen) atoms. The fourth-order valence-electron chi connectivity index (χ4n) is 2.92. The van der Waals surface area contributed by atoms with Crippen molar-refractivity contribution in [3.63, 3.8) is 0 Å². The van der Waals surface area contributed by atoms with Crippen LogP contribution in [0.5, 0.6) is 0 Å². The van der Waals surface area contributed by atoms with Crippen LogP contribution in [0.15, 0.2) is 24.3 Å². The minimum Gasteiger partial charge on any atom is -0.355 e. The van der Waals surface area contributed by atoms with Crippen molar-refractivity contribution in [2.24, 2.45) is 0 Å². The molecule has 136 valence electrons. The van der Waals surface area contributed by atoms with E-state index in [1.807, 2.05) is 13.8 Å². The number of imide groups is 1. The van der Waals surface area contributed by atoms with Crippen LogP contribution in [0.3, 0.4) is 0 Å². The molecule has 6 nitrogen and oxygen atoms in total. The van der Waals surface area contributed by atoms with Gasteiger partial charge >= 0.3 is 6.03 Å². The first-order valence-electron chi connectivity index (χ1n) is 8.61. The second-order valence-electron chi connectivity index (χ2n) is 6.19. The normalized spacial score (nSPS) is 19.9. The lowest BCUT2D eigenvalue weighted by Crippen LogP contribution is -2.45. The van der Waals surface area contributed by atoms with Crippen molar-refractivity contribution in [3.8, 4) is 0 Å². The summed E-state index contributed by atoms with van der Waals surface area (Å²) in [5, 5.41) is 5.39. The van der Waals surface area contributed by atoms with Gasteiger partial charge in [0.25, 0.3) is 5.91 Å². The molecule has 2 N–H and O–H groups in total. The number of halogens is 1. The zero-order valence-corrected chi connectivity index (χ0v) is 14.6. The first-order chi connectivity index (χ1) is 11.9. The standard InChI is InChI=1S/C18H24FN3O3/c1-3-5-10-18(13-6-8-14(19)9-7-13)16(24)22(17(25)21-18)12-15(23)20-11-4-2/h6-9H,3-5,10-12H2,1-2H3,(H,20,23)(H,21,25)/t18-/m1/s1. The van der Waals surface area contributed by atoms with Gasteiger partial charge in [-0.1, -0.05) is 38.8 Å². The number of urea groups is 1. The summed E-state index contributed by atoms with van der Waals surface area (Å²) >= 11 is 0. The highest BCUT2D eigenvalue weighted by Crippen LogP contribution is 2.34. The number of benzene rings is 1. The highest BCUT2D eigenvalue weighted by molar-refractivity contribution is 6.09. The van der Waals surface area contributed by atoms with Crippen LogP contribution in [0.1, 0.15) is 45.1 Å². The number of rotatable bonds is 8. The van der Waals surface area contributed by atoms with Gasteiger partial charge in [0.2, 0.25) is 5.91 Å². The number of nitrogens with zero attached hydrogens (tertiary/aromatic N) is 1. The summed E-state index contributed by atoms with van der Waals surface area (Å²) < 4.78 is 13.3. The zero-order valence-electron chi connectivity index (χ0n) is 14.6. The second-order valence-corrected chi connectivity index (χ2v) is 6.19. The summed E-state index contributed by atoms with van der Waals surface area (Å²) in [5.41, 5.74) is -0.719. The maximum atomic E-state index is 13.3. The molecule has 0 saturated carbocycles. The van der Waals surface area contributed by atoms with Gasteiger partial charge in [0, 0.05) is 6.54 Å². The van der Waals surface area contributed by atoms with Crippen LogP contribution in [-0.4, -0.2) is 35.8 Å². The molecule has 0 radical (unpaired) electrons. The van der Waals surface area contributed by atoms with E-state index in [1.165, 1.54) is 24.3 Å². The van der Waals surface area contributed by atoms with Crippen molar-refractivity contribution >= 4 is 17.8 Å². The molecule has 2 rings (SSSR count). The average molecular weight is 349 g/mol. The largest absolute Gasteiger partial charge is 0.355 e. The number of nitrogens with one attached hydrogen (secondary N) is 2. The van der Waals surface area contributed by atoms with E-state index in [9.17, 15) is 18.8 Å². The lowest BCUT2D eigenvalue weighted by molar-refractivity contribution is -0.135. The molecule has 1 aliphatic heterocycles. The summed E-state index contributed by atoms with van der Waals surface area (Å²) in [6.45, 7) is 4.06. The Labute approximate surface area is 146 Å². The summed E-state index contributed by atoms with van der Waals surface area (Å²) in [7, 11) is 0. The number of amides is 4. The van der Waals surface area contributed by atoms with Crippen molar-refractivity contribution < 1.29 is 18.8 Å². The summed E-state index contributed by atoms with van der Waals surface area (Å²) in [6.07, 6.45) is 2.71. The molecule has 7 heteroatoms. The van der Waals surface area contributed by atoms with E-state index < -0.39 is 23.3 Å². The van der Waals surface area contributed by atoms with Crippen LogP contribution >= 0.6 is 0 Å². The van der Waals surface area contributed by atoms with Gasteiger partial charge in [0.15, 0.2) is 0 Å². The molecule has 0 unspecified atom stereocenters. The monoisotopic (exact) mass is 349 g/mol. The summed E-state index contributed by atoms with van der Waals surface area (Å²) in [5.74, 6) is -1.26. The fraction of sp³-hybridized carbons (Fsp3) is 0.500. The van der Waals surface area contributed by atoms with Crippen molar-refractivity contribution in [3.05, 3.63) is 35.6 Å². The van der Waals surface area contributed by atoms with E-state index >= 15 is 0 Å². The van der Waals surface area contributed by atoms with Gasteiger partial charge < -0.3 is 10.6 Å². The van der Waals surface area contributed by atoms with Gasteiger partial charge in [0.1, 0.15) is 17.9 Å². The van der Waals surface area contributed by atoms with Crippen LogP contribution in [0, 0.1) is 5.82 Å². The van der Waals surface area contributed by atoms with Crippen molar-refractivity contribution in [1.82, 2.24) is 15.5 Å². The quantitative estimate of drug-likeness (QED) is 0.707. The predicted octanol–water partition coefficient (Wildman–Crippen LogP) is 2.29. The minimum atomic E-state index is -1.24. The lowest BCUT2D eigenvalue weighted by Gasteiger charge is -2.27. The Balaban J connectivity index is 2.28. The van der Waals surface area contributed by atoms with Gasteiger partial charge in [-0.3, -0.25) is 14.5 Å². The molecule has 0 bridgehead atoms. The zero-order chi connectivity index (χ0) is 18.4. The second kappa shape index (κ2) is 8.09. The predicted molar refractivity (Wildman–Crippen MR) is 91.1 cm³/mol. The molecular weight excluding hydrogens is 325 g/mol. The highest BCUT2D eigenvalue weighted by Gasteiger charge is 2.52. The number of carbonyl (C=O) groups is 3. The lowest BCUT2D eigenvalue weighted by atomic mass is 9.85. The molecule has 4 amide bonds. The van der Waals surface area contributed by atoms with Crippen molar-refractivity contribution in [1.29, 1.82) is 0 Å². The molecule has 1 aromatic rings. The molecule has 0 aromatic heterocycles. The molecular formula is C18H24FN3O3. The van der Waals surface area contributed by atoms with Crippen LogP contribution in [-0.2, 0) is 15.1 Å². The number of hydrogen-bond acceptors (Lipinski definition) is 3. The molecule has 1 saturated heterocycles. The molecule has 0 aliphatic carbocycles. The Kier molecular flexibility index (Phi) is 6.12. The SMILES string of the molecule is CCCC[C@]1(c2ccc(F)cc2)NC(=O)N(CC(=O)NCCC)C1=O. The Hall–Kier alpha value is -2.44. The third-order valence-corrected chi connectivity index (χ3v) is 4.29. The number of carbonyl (C=O) groups excluding carboxylic acids is 3. The van der Waals surface area contributed by atoms with E-state index in [0.29, 0.717) is 24.9 Å². The number of hydrogen-bond donors (Lipinski definition) is 2. The third kappa shape index (κ3) is 3.97. The maximum absolute atomic E-state index is 13.3. The van der Waals surface area contributed by atoms with Crippen LogP contribution in [0.2, 0.25) is 0 Å². The van der Waals surface area contributed by atoms with E-state index in [4.69, 9.17) is 0 Å². The molecule has 1 fully saturated rings. The van der Waals surface area contributed by atoms with Gasteiger partial charge in [-0.2, -0.15) is 0 Å². The van der Waals surface area contributed by atoms with E-state index in [-0.39, 0.29) is 12.5 Å². The fourth-order valence-corrected chi connectivity index (χ4v) is 2.92. The minimum absolute atomic E-state index is 0.320. The van der Waals surface area contributed by atoms with E-state index in [1.54, 1.807) is 0 Å². The average Bonchev–Trinajstić information content (AvgIpc) is 2.84. The Morgan fingerprint density at radius 1 is 1.20 bits per heavy atom. The molecule has 0 spiro atoms. The third-order valence-electron chi connectivity index (χ3n) is 4.29. The van der Waals surface area contributed by atoms with Gasteiger partial charge in [-0.15, -0.1) is 0 Å². The van der Waals surface area contributed by atoms with E-state index in [2.05, 4.69) is 10.6 Å². The van der Waals surface area contributed by atoms with Crippen LogP contribution < -0.4 is 10.6 Å². The molecule has 1 aromatic carbocycles. The highest BCUT2D eigenvalue weighted by atomic mass is 19.1. The Bertz CT molecular complexity index is 647. The summed E-state index contributed by atoms with van der Waals surface area (Å²) in [6, 6.07) is 4.93. The van der Waals surface area contributed by atoms with Crippen molar-refractivity contribution in [2.45, 2.75) is 45.1 Å². The Morgan fingerprint density at radius 2 is 1.88 bits per heavy atom. The molecule has 1 aliphatic rings. The van der Waals surface area contributed by atoms with E-state index in [0.717, 1.165) is 17.7 Å².